The predicted octanol–water partition coefficient (Wildman–Crippen LogP) is 5.21. The third kappa shape index (κ3) is 7.51. The molecule has 0 atom stereocenters. The topological polar surface area (TPSA) is 97.6 Å². The number of halogens is 2. The van der Waals surface area contributed by atoms with Gasteiger partial charge < -0.3 is 19.5 Å². The Morgan fingerprint density at radius 2 is 1.74 bits per heavy atom. The lowest BCUT2D eigenvalue weighted by Crippen LogP contribution is -2.23. The van der Waals surface area contributed by atoms with Crippen LogP contribution < -0.4 is 19.5 Å². The van der Waals surface area contributed by atoms with Crippen LogP contribution in [0.25, 0.3) is 6.08 Å². The average Bonchev–Trinajstić information content (AvgIpc) is 2.86. The molecule has 3 aromatic rings. The zero-order valence-corrected chi connectivity index (χ0v) is 20.1. The minimum absolute atomic E-state index is 0.0824. The number of rotatable bonds is 9. The number of nitrogens with zero attached hydrogens (tertiary/aromatic N) is 1. The molecule has 7 nitrogen and oxygen atoms in total. The maximum atomic E-state index is 12.4. The SMILES string of the molecule is COc1cc(/C=C(\C#N)C(=O)NCc2ccccc2)ccc1OC(=O)COc1ccc(Cl)cc1Cl. The number of hydrogen-bond acceptors (Lipinski definition) is 6. The van der Waals surface area contributed by atoms with Gasteiger partial charge in [0.05, 0.1) is 12.1 Å². The third-order valence-corrected chi connectivity index (χ3v) is 5.15. The monoisotopic (exact) mass is 510 g/mol. The number of carbonyl (C=O) groups is 2. The highest BCUT2D eigenvalue weighted by Crippen LogP contribution is 2.30. The molecular weight excluding hydrogens is 491 g/mol. The highest BCUT2D eigenvalue weighted by atomic mass is 35.5. The number of carbonyl (C=O) groups excluding carboxylic acids is 2. The Labute approximate surface area is 212 Å². The summed E-state index contributed by atoms with van der Waals surface area (Å²) < 4.78 is 16.0. The van der Waals surface area contributed by atoms with Crippen molar-refractivity contribution >= 4 is 41.2 Å². The third-order valence-electron chi connectivity index (χ3n) is 4.62. The molecule has 0 saturated carbocycles. The molecule has 3 rings (SSSR count). The van der Waals surface area contributed by atoms with Crippen LogP contribution in [0.3, 0.4) is 0 Å². The summed E-state index contributed by atoms with van der Waals surface area (Å²) in [4.78, 5) is 24.7. The first-order valence-corrected chi connectivity index (χ1v) is 11.1. The number of methoxy groups -OCH3 is 1. The van der Waals surface area contributed by atoms with Crippen molar-refractivity contribution in [2.45, 2.75) is 6.54 Å². The van der Waals surface area contributed by atoms with E-state index in [0.717, 1.165) is 5.56 Å². The van der Waals surface area contributed by atoms with E-state index in [0.29, 0.717) is 17.1 Å². The van der Waals surface area contributed by atoms with Crippen LogP contribution in [0.4, 0.5) is 0 Å². The molecule has 0 radical (unpaired) electrons. The van der Waals surface area contributed by atoms with Gasteiger partial charge in [-0.1, -0.05) is 59.6 Å². The van der Waals surface area contributed by atoms with Crippen molar-refractivity contribution in [3.63, 3.8) is 0 Å². The fraction of sp³-hybridized carbons (Fsp3) is 0.115. The van der Waals surface area contributed by atoms with E-state index in [-0.39, 0.29) is 27.8 Å². The van der Waals surface area contributed by atoms with Crippen LogP contribution in [-0.4, -0.2) is 25.6 Å². The van der Waals surface area contributed by atoms with E-state index in [1.807, 2.05) is 36.4 Å². The summed E-state index contributed by atoms with van der Waals surface area (Å²) in [5.41, 5.74) is 1.34. The molecule has 1 N–H and O–H groups in total. The second-order valence-corrected chi connectivity index (χ2v) is 7.93. The van der Waals surface area contributed by atoms with Crippen molar-refractivity contribution in [1.82, 2.24) is 5.32 Å². The highest BCUT2D eigenvalue weighted by Gasteiger charge is 2.14. The first-order valence-electron chi connectivity index (χ1n) is 10.3. The lowest BCUT2D eigenvalue weighted by atomic mass is 10.1. The Bertz CT molecular complexity index is 1290. The van der Waals surface area contributed by atoms with Gasteiger partial charge in [-0.25, -0.2) is 4.79 Å². The summed E-state index contributed by atoms with van der Waals surface area (Å²) in [6, 6.07) is 20.5. The van der Waals surface area contributed by atoms with E-state index in [2.05, 4.69) is 5.32 Å². The quantitative estimate of drug-likeness (QED) is 0.183. The summed E-state index contributed by atoms with van der Waals surface area (Å²) in [6.45, 7) is -0.105. The van der Waals surface area contributed by atoms with Gasteiger partial charge in [0.2, 0.25) is 0 Å². The van der Waals surface area contributed by atoms with Gasteiger partial charge in [-0.3, -0.25) is 4.79 Å². The Morgan fingerprint density at radius 1 is 1.00 bits per heavy atom. The Hall–Kier alpha value is -3.99. The first-order chi connectivity index (χ1) is 16.9. The molecule has 0 saturated heterocycles. The normalized spacial score (nSPS) is 10.7. The molecule has 0 aliphatic heterocycles. The van der Waals surface area contributed by atoms with Gasteiger partial charge >= 0.3 is 5.97 Å². The van der Waals surface area contributed by atoms with Gasteiger partial charge in [-0.05, 0) is 47.5 Å². The molecule has 0 bridgehead atoms. The second kappa shape index (κ2) is 12.5. The number of nitriles is 1. The summed E-state index contributed by atoms with van der Waals surface area (Å²) >= 11 is 11.9. The molecule has 0 aliphatic rings. The molecule has 0 aromatic heterocycles. The van der Waals surface area contributed by atoms with Gasteiger partial charge in [-0.15, -0.1) is 0 Å². The van der Waals surface area contributed by atoms with E-state index in [4.69, 9.17) is 37.4 Å². The predicted molar refractivity (Wildman–Crippen MR) is 132 cm³/mol. The first kappa shape index (κ1) is 25.6. The number of nitrogens with one attached hydrogen (secondary N) is 1. The van der Waals surface area contributed by atoms with Gasteiger partial charge in [0.1, 0.15) is 17.4 Å². The molecule has 9 heteroatoms. The van der Waals surface area contributed by atoms with Crippen LogP contribution in [0.5, 0.6) is 17.2 Å². The summed E-state index contributed by atoms with van der Waals surface area (Å²) in [6.07, 6.45) is 1.42. The van der Waals surface area contributed by atoms with Crippen molar-refractivity contribution in [3.05, 3.63) is 93.5 Å². The van der Waals surface area contributed by atoms with Crippen LogP contribution in [0, 0.1) is 11.3 Å². The lowest BCUT2D eigenvalue weighted by Gasteiger charge is -2.11. The van der Waals surface area contributed by atoms with Crippen molar-refractivity contribution in [1.29, 1.82) is 5.26 Å². The smallest absolute Gasteiger partial charge is 0.349 e. The van der Waals surface area contributed by atoms with Crippen LogP contribution in [0.1, 0.15) is 11.1 Å². The van der Waals surface area contributed by atoms with E-state index in [1.165, 1.54) is 25.3 Å². The average molecular weight is 511 g/mol. The Balaban J connectivity index is 1.64. The van der Waals surface area contributed by atoms with Crippen LogP contribution in [-0.2, 0) is 16.1 Å². The fourth-order valence-corrected chi connectivity index (χ4v) is 3.39. The summed E-state index contributed by atoms with van der Waals surface area (Å²) in [5.74, 6) is -0.527. The molecule has 35 heavy (non-hydrogen) atoms. The zero-order valence-electron chi connectivity index (χ0n) is 18.6. The Morgan fingerprint density at radius 3 is 2.43 bits per heavy atom. The van der Waals surface area contributed by atoms with E-state index >= 15 is 0 Å². The van der Waals surface area contributed by atoms with Gasteiger partial charge in [-0.2, -0.15) is 5.26 Å². The lowest BCUT2D eigenvalue weighted by molar-refractivity contribution is -0.136. The fourth-order valence-electron chi connectivity index (χ4n) is 2.93. The van der Waals surface area contributed by atoms with Crippen molar-refractivity contribution in [2.75, 3.05) is 13.7 Å². The Kier molecular flexibility index (Phi) is 9.13. The van der Waals surface area contributed by atoms with E-state index in [9.17, 15) is 14.9 Å². The molecule has 0 unspecified atom stereocenters. The van der Waals surface area contributed by atoms with E-state index < -0.39 is 18.5 Å². The molecular formula is C26H20Cl2N2O5. The van der Waals surface area contributed by atoms with Crippen LogP contribution in [0.2, 0.25) is 10.0 Å². The molecule has 178 valence electrons. The van der Waals surface area contributed by atoms with Crippen molar-refractivity contribution < 1.29 is 23.8 Å². The zero-order chi connectivity index (χ0) is 25.2. The summed E-state index contributed by atoms with van der Waals surface area (Å²) in [7, 11) is 1.40. The molecule has 0 fully saturated rings. The highest BCUT2D eigenvalue weighted by molar-refractivity contribution is 6.35. The number of hydrogen-bond donors (Lipinski definition) is 1. The molecule has 1 amide bonds. The van der Waals surface area contributed by atoms with Crippen LogP contribution in [0.15, 0.2) is 72.3 Å². The minimum atomic E-state index is -0.685. The number of ether oxygens (including phenoxy) is 3. The molecule has 0 heterocycles. The van der Waals surface area contributed by atoms with Gasteiger partial charge in [0.25, 0.3) is 5.91 Å². The maximum absolute atomic E-state index is 12.4. The van der Waals surface area contributed by atoms with Crippen molar-refractivity contribution in [2.24, 2.45) is 0 Å². The van der Waals surface area contributed by atoms with Gasteiger partial charge in [0.15, 0.2) is 18.1 Å². The number of esters is 1. The summed E-state index contributed by atoms with van der Waals surface area (Å²) in [5, 5.41) is 12.8. The van der Waals surface area contributed by atoms with Gasteiger partial charge in [0, 0.05) is 11.6 Å². The largest absolute Gasteiger partial charge is 0.493 e. The molecule has 0 spiro atoms. The minimum Gasteiger partial charge on any atom is -0.493 e. The van der Waals surface area contributed by atoms with Crippen LogP contribution >= 0.6 is 23.2 Å². The number of benzene rings is 3. The maximum Gasteiger partial charge on any atom is 0.349 e. The standard InChI is InChI=1S/C26H20Cl2N2O5/c1-33-24-12-18(11-19(14-29)26(32)30-15-17-5-3-2-4-6-17)7-9-23(24)35-25(31)16-34-22-10-8-20(27)13-21(22)28/h2-13H,15-16H2,1H3,(H,30,32)/b19-11+. The number of amides is 1. The molecule has 0 aliphatic carbocycles. The second-order valence-electron chi connectivity index (χ2n) is 7.09. The van der Waals surface area contributed by atoms with E-state index in [1.54, 1.807) is 24.3 Å². The molecule has 3 aromatic carbocycles. The van der Waals surface area contributed by atoms with Crippen molar-refractivity contribution in [3.8, 4) is 23.3 Å².